The zero-order valence-corrected chi connectivity index (χ0v) is 17.5. The van der Waals surface area contributed by atoms with Crippen molar-refractivity contribution < 1.29 is 27.8 Å². The van der Waals surface area contributed by atoms with E-state index in [1.807, 2.05) is 6.07 Å². The molecule has 1 fully saturated rings. The van der Waals surface area contributed by atoms with Gasteiger partial charge in [0, 0.05) is 18.2 Å². The summed E-state index contributed by atoms with van der Waals surface area (Å²) in [7, 11) is 0. The Labute approximate surface area is 182 Å². The minimum atomic E-state index is -4.59. The average molecular weight is 449 g/mol. The maximum atomic E-state index is 12.9. The van der Waals surface area contributed by atoms with Gasteiger partial charge < -0.3 is 20.5 Å². The van der Waals surface area contributed by atoms with Crippen molar-refractivity contribution in [3.05, 3.63) is 34.9 Å². The van der Waals surface area contributed by atoms with Gasteiger partial charge in [-0.15, -0.1) is 10.2 Å². The Morgan fingerprint density at radius 2 is 2.12 bits per heavy atom. The summed E-state index contributed by atoms with van der Waals surface area (Å²) in [6.07, 6.45) is -3.42. The fourth-order valence-electron chi connectivity index (χ4n) is 3.54. The first kappa shape index (κ1) is 23.3. The molecule has 170 valence electrons. The fraction of sp³-hybridized carbons (Fsp3) is 0.429. The van der Waals surface area contributed by atoms with E-state index in [-0.39, 0.29) is 40.7 Å². The maximum Gasteiger partial charge on any atom is 0.416 e. The molecule has 0 bridgehead atoms. The molecule has 0 radical (unpaired) electrons. The zero-order chi connectivity index (χ0) is 23.5. The molecular formula is C21H22F3N5O3. The van der Waals surface area contributed by atoms with Crippen LogP contribution in [0.15, 0.2) is 18.2 Å². The Hall–Kier alpha value is -3.39. The summed E-state index contributed by atoms with van der Waals surface area (Å²) in [6, 6.07) is 4.08. The van der Waals surface area contributed by atoms with Crippen molar-refractivity contribution in [1.82, 2.24) is 15.5 Å². The van der Waals surface area contributed by atoms with Gasteiger partial charge in [0.1, 0.15) is 29.1 Å². The second-order valence-electron chi connectivity index (χ2n) is 7.37. The van der Waals surface area contributed by atoms with E-state index >= 15 is 0 Å². The van der Waals surface area contributed by atoms with Crippen molar-refractivity contribution in [2.24, 2.45) is 0 Å². The van der Waals surface area contributed by atoms with Gasteiger partial charge in [0.05, 0.1) is 12.2 Å². The largest absolute Gasteiger partial charge is 0.507 e. The van der Waals surface area contributed by atoms with Gasteiger partial charge in [-0.1, -0.05) is 0 Å². The smallest absolute Gasteiger partial charge is 0.416 e. The molecule has 1 aliphatic heterocycles. The number of piperidine rings is 1. The van der Waals surface area contributed by atoms with Crippen LogP contribution in [0, 0.1) is 18.3 Å². The normalized spacial score (nSPS) is 18.6. The number of rotatable bonds is 5. The lowest BCUT2D eigenvalue weighted by Crippen LogP contribution is -2.49. The molecule has 1 saturated heterocycles. The Morgan fingerprint density at radius 1 is 1.38 bits per heavy atom. The fourth-order valence-corrected chi connectivity index (χ4v) is 3.54. The van der Waals surface area contributed by atoms with Crippen LogP contribution in [0.2, 0.25) is 0 Å². The molecule has 3 rings (SSSR count). The molecule has 11 heteroatoms. The zero-order valence-electron chi connectivity index (χ0n) is 17.5. The van der Waals surface area contributed by atoms with Crippen LogP contribution in [-0.2, 0) is 15.7 Å². The molecule has 0 saturated carbocycles. The van der Waals surface area contributed by atoms with Crippen molar-refractivity contribution in [2.45, 2.75) is 44.9 Å². The number of hydrogen-bond acceptors (Lipinski definition) is 8. The number of esters is 1. The SMILES string of the molecule is CCOC(=O)[C@@H]1CC[C@@H](Nc2nnc(-c3ccc(C(F)(F)F)cc3O)c(C)c2C#N)CN1. The summed E-state index contributed by atoms with van der Waals surface area (Å²) in [5.41, 5.74) is -0.297. The lowest BCUT2D eigenvalue weighted by molar-refractivity contribution is -0.146. The van der Waals surface area contributed by atoms with E-state index < -0.39 is 17.5 Å². The molecule has 2 aromatic rings. The summed E-state index contributed by atoms with van der Waals surface area (Å²) in [6.45, 7) is 4.07. The minimum Gasteiger partial charge on any atom is -0.507 e. The molecule has 0 unspecified atom stereocenters. The van der Waals surface area contributed by atoms with Crippen LogP contribution in [0.25, 0.3) is 11.3 Å². The second-order valence-corrected chi connectivity index (χ2v) is 7.37. The predicted molar refractivity (Wildman–Crippen MR) is 109 cm³/mol. The first-order valence-corrected chi connectivity index (χ1v) is 10.00. The quantitative estimate of drug-likeness (QED) is 0.596. The van der Waals surface area contributed by atoms with Crippen molar-refractivity contribution in [3.63, 3.8) is 0 Å². The molecule has 0 amide bonds. The number of nitriles is 1. The first-order chi connectivity index (χ1) is 15.2. The van der Waals surface area contributed by atoms with Gasteiger partial charge in [-0.05, 0) is 50.5 Å². The lowest BCUT2D eigenvalue weighted by atomic mass is 9.99. The minimum absolute atomic E-state index is 0.0441. The van der Waals surface area contributed by atoms with E-state index in [2.05, 4.69) is 20.8 Å². The number of ether oxygens (including phenoxy) is 1. The van der Waals surface area contributed by atoms with E-state index in [4.69, 9.17) is 4.74 Å². The van der Waals surface area contributed by atoms with Gasteiger partial charge in [0.2, 0.25) is 0 Å². The van der Waals surface area contributed by atoms with Crippen LogP contribution in [0.4, 0.5) is 19.0 Å². The lowest BCUT2D eigenvalue weighted by Gasteiger charge is -2.29. The molecule has 1 aliphatic rings. The molecule has 2 heterocycles. The third-order valence-electron chi connectivity index (χ3n) is 5.24. The predicted octanol–water partition coefficient (Wildman–Crippen LogP) is 3.14. The number of aromatic hydroxyl groups is 1. The highest BCUT2D eigenvalue weighted by Crippen LogP contribution is 2.37. The summed E-state index contributed by atoms with van der Waals surface area (Å²) in [4.78, 5) is 11.8. The Bertz CT molecular complexity index is 1040. The molecule has 32 heavy (non-hydrogen) atoms. The van der Waals surface area contributed by atoms with E-state index in [9.17, 15) is 28.3 Å². The Morgan fingerprint density at radius 3 is 2.69 bits per heavy atom. The summed E-state index contributed by atoms with van der Waals surface area (Å²) < 4.78 is 43.6. The van der Waals surface area contributed by atoms with Gasteiger partial charge in [0.15, 0.2) is 5.82 Å². The number of hydrogen-bond donors (Lipinski definition) is 3. The van der Waals surface area contributed by atoms with E-state index in [0.717, 1.165) is 12.1 Å². The van der Waals surface area contributed by atoms with Crippen LogP contribution in [0.1, 0.15) is 36.5 Å². The van der Waals surface area contributed by atoms with Gasteiger partial charge in [-0.2, -0.15) is 18.4 Å². The molecule has 1 aromatic carbocycles. The summed E-state index contributed by atoms with van der Waals surface area (Å²) in [5.74, 6) is -0.690. The number of benzene rings is 1. The van der Waals surface area contributed by atoms with Crippen LogP contribution >= 0.6 is 0 Å². The molecule has 0 spiro atoms. The number of anilines is 1. The molecule has 8 nitrogen and oxygen atoms in total. The van der Waals surface area contributed by atoms with Gasteiger partial charge in [-0.25, -0.2) is 0 Å². The summed E-state index contributed by atoms with van der Waals surface area (Å²) in [5, 5.41) is 34.1. The maximum absolute atomic E-state index is 12.9. The number of nitrogens with zero attached hydrogens (tertiary/aromatic N) is 3. The van der Waals surface area contributed by atoms with Gasteiger partial charge in [0.25, 0.3) is 0 Å². The number of phenols is 1. The second kappa shape index (κ2) is 9.40. The van der Waals surface area contributed by atoms with E-state index in [1.54, 1.807) is 13.8 Å². The van der Waals surface area contributed by atoms with Crippen molar-refractivity contribution in [2.75, 3.05) is 18.5 Å². The van der Waals surface area contributed by atoms with Crippen LogP contribution in [-0.4, -0.2) is 46.5 Å². The number of alkyl halides is 3. The topological polar surface area (TPSA) is 120 Å². The van der Waals surface area contributed by atoms with Crippen molar-refractivity contribution in [3.8, 4) is 23.1 Å². The number of nitrogens with one attached hydrogen (secondary N) is 2. The first-order valence-electron chi connectivity index (χ1n) is 10.00. The standard InChI is InChI=1S/C21H22F3N5O3/c1-3-32-20(31)16-7-5-13(10-26-16)27-19-15(9-25)11(2)18(28-29-19)14-6-4-12(8-17(14)30)21(22,23)24/h4,6,8,13,16,26,30H,3,5,7,10H2,1-2H3,(H,27,29)/t13-,16+/m1/s1. The van der Waals surface area contributed by atoms with E-state index in [0.29, 0.717) is 37.6 Å². The van der Waals surface area contributed by atoms with Crippen molar-refractivity contribution >= 4 is 11.8 Å². The number of halogens is 3. The third kappa shape index (κ3) is 4.91. The summed E-state index contributed by atoms with van der Waals surface area (Å²) >= 11 is 0. The monoisotopic (exact) mass is 449 g/mol. The van der Waals surface area contributed by atoms with Crippen LogP contribution in [0.3, 0.4) is 0 Å². The molecule has 3 N–H and O–H groups in total. The molecule has 0 aliphatic carbocycles. The number of carbonyl (C=O) groups excluding carboxylic acids is 1. The average Bonchev–Trinajstić information content (AvgIpc) is 2.74. The third-order valence-corrected chi connectivity index (χ3v) is 5.24. The Kier molecular flexibility index (Phi) is 6.84. The van der Waals surface area contributed by atoms with Gasteiger partial charge >= 0.3 is 12.1 Å². The highest BCUT2D eigenvalue weighted by molar-refractivity contribution is 5.76. The van der Waals surface area contributed by atoms with Crippen LogP contribution < -0.4 is 10.6 Å². The van der Waals surface area contributed by atoms with E-state index in [1.165, 1.54) is 0 Å². The molecule has 1 aromatic heterocycles. The van der Waals surface area contributed by atoms with Gasteiger partial charge in [-0.3, -0.25) is 4.79 Å². The highest BCUT2D eigenvalue weighted by atomic mass is 19.4. The number of phenolic OH excluding ortho intramolecular Hbond substituents is 1. The Balaban J connectivity index is 1.80. The van der Waals surface area contributed by atoms with Crippen molar-refractivity contribution in [1.29, 1.82) is 5.26 Å². The molecule has 2 atom stereocenters. The van der Waals surface area contributed by atoms with Crippen LogP contribution in [0.5, 0.6) is 5.75 Å². The molecular weight excluding hydrogens is 427 g/mol. The highest BCUT2D eigenvalue weighted by Gasteiger charge is 2.32. The number of aromatic nitrogens is 2. The number of carbonyl (C=O) groups is 1.